The van der Waals surface area contributed by atoms with E-state index in [0.29, 0.717) is 121 Å². The van der Waals surface area contributed by atoms with Gasteiger partial charge in [-0.05, 0) is 199 Å². The monoisotopic (exact) mass is 1690 g/mol. The summed E-state index contributed by atoms with van der Waals surface area (Å²) in [5.41, 5.74) is 0. The first kappa shape index (κ1) is 135. The summed E-state index contributed by atoms with van der Waals surface area (Å²) < 4.78 is 5.46. The zero-order chi connectivity index (χ0) is 96.1. The van der Waals surface area contributed by atoms with Crippen LogP contribution in [0.3, 0.4) is 0 Å². The van der Waals surface area contributed by atoms with E-state index in [2.05, 4.69) is 208 Å². The second kappa shape index (κ2) is 77.3. The maximum absolute atomic E-state index is 11.5. The van der Waals surface area contributed by atoms with E-state index in [9.17, 15) is 59.1 Å². The number of aliphatic hydroxyl groups excluding tert-OH is 5. The first-order chi connectivity index (χ1) is 53.3. The van der Waals surface area contributed by atoms with Gasteiger partial charge in [0.05, 0.1) is 43.5 Å². The van der Waals surface area contributed by atoms with Gasteiger partial charge in [-0.15, -0.1) is 0 Å². The molecule has 0 saturated carbocycles. The number of aliphatic hydroxyl groups is 5. The van der Waals surface area contributed by atoms with Crippen molar-refractivity contribution in [3.8, 4) is 0 Å². The van der Waals surface area contributed by atoms with Gasteiger partial charge in [0.25, 0.3) is 0 Å². The molecule has 0 aliphatic rings. The van der Waals surface area contributed by atoms with Crippen molar-refractivity contribution in [3.63, 3.8) is 0 Å². The molecule has 2 amide bonds. The van der Waals surface area contributed by atoms with Gasteiger partial charge >= 0.3 is 0 Å². The van der Waals surface area contributed by atoms with Gasteiger partial charge in [0.1, 0.15) is 17.7 Å². The molecule has 0 heterocycles. The summed E-state index contributed by atoms with van der Waals surface area (Å²) in [4.78, 5) is 81.3. The Balaban J connectivity index is -0.000000138. The van der Waals surface area contributed by atoms with E-state index >= 15 is 0 Å². The fraction of sp³-hybridized carbons (Fsp3) is 0.912. The quantitative estimate of drug-likeness (QED) is 0.0221. The van der Waals surface area contributed by atoms with Crippen LogP contribution in [-0.2, 0) is 38.3 Å². The van der Waals surface area contributed by atoms with Crippen molar-refractivity contribution in [2.45, 2.75) is 439 Å². The van der Waals surface area contributed by atoms with Crippen LogP contribution in [0.1, 0.15) is 384 Å². The van der Waals surface area contributed by atoms with Crippen LogP contribution in [0.25, 0.3) is 0 Å². The van der Waals surface area contributed by atoms with Crippen LogP contribution in [0.5, 0.6) is 0 Å². The fourth-order valence-corrected chi connectivity index (χ4v) is 9.16. The minimum Gasteiger partial charge on any atom is -0.393 e. The van der Waals surface area contributed by atoms with E-state index in [1.807, 2.05) is 166 Å². The molecule has 0 aliphatic carbocycles. The minimum absolute atomic E-state index is 0.0174. The molecule has 0 radical (unpaired) electrons. The van der Waals surface area contributed by atoms with Gasteiger partial charge in [0.15, 0.2) is 11.6 Å². The lowest BCUT2D eigenvalue weighted by Crippen LogP contribution is -2.38. The minimum atomic E-state index is -0.776. The number of allylic oxidation sites excluding steroid dienone is 2. The summed E-state index contributed by atoms with van der Waals surface area (Å²) in [5, 5.41) is 54.2. The van der Waals surface area contributed by atoms with E-state index in [1.165, 1.54) is 0 Å². The number of hydrogen-bond donors (Lipinski definition) is 7. The lowest BCUT2D eigenvalue weighted by molar-refractivity contribution is -0.139. The maximum Gasteiger partial charge on any atom is 0.222 e. The van der Waals surface area contributed by atoms with E-state index in [0.717, 1.165) is 43.6 Å². The summed E-state index contributed by atoms with van der Waals surface area (Å²) in [6.07, 6.45) is 7.37. The maximum atomic E-state index is 11.5. The zero-order valence-corrected chi connectivity index (χ0v) is 87.6. The van der Waals surface area contributed by atoms with Gasteiger partial charge in [-0.2, -0.15) is 0 Å². The zero-order valence-electron chi connectivity index (χ0n) is 87.6. The fourth-order valence-electron chi connectivity index (χ4n) is 9.16. The number of nitrogens with one attached hydrogen (secondary N) is 2. The molecule has 7 N–H and O–H groups in total. The molecule has 0 rings (SSSR count). The van der Waals surface area contributed by atoms with Crippen LogP contribution in [0.4, 0.5) is 0 Å². The predicted octanol–water partition coefficient (Wildman–Crippen LogP) is 23.8. The average molecular weight is 1690 g/mol. The number of likely N-dealkylation sites (N-methyl/N-ethyl adjacent to an activating group) is 1. The van der Waals surface area contributed by atoms with Gasteiger partial charge in [-0.1, -0.05) is 303 Å². The third-order valence-corrected chi connectivity index (χ3v) is 22.6. The van der Waals surface area contributed by atoms with Crippen molar-refractivity contribution in [3.05, 3.63) is 12.2 Å². The number of Topliss-reactive ketones (excluding diaryl/α,β-unsaturated/α-hetero) is 5. The van der Waals surface area contributed by atoms with Crippen LogP contribution >= 0.6 is 0 Å². The molecule has 0 aliphatic heterocycles. The van der Waals surface area contributed by atoms with E-state index in [1.54, 1.807) is 0 Å². The Hall–Kier alpha value is -3.25. The molecule has 14 unspecified atom stereocenters. The molecule has 0 aromatic heterocycles. The van der Waals surface area contributed by atoms with Gasteiger partial charge in [0, 0.05) is 67.7 Å². The average Bonchev–Trinajstić information content (AvgIpc) is 0.899. The molecule has 16 heteroatoms. The van der Waals surface area contributed by atoms with Gasteiger partial charge in [0.2, 0.25) is 17.6 Å². The lowest BCUT2D eigenvalue weighted by atomic mass is 9.88. The number of nitrogens with zero attached hydrogens (tertiary/aromatic N) is 1. The summed E-state index contributed by atoms with van der Waals surface area (Å²) in [7, 11) is 1.98. The highest BCUT2D eigenvalue weighted by molar-refractivity contribution is 6.37. The second-order valence-corrected chi connectivity index (χ2v) is 41.7. The van der Waals surface area contributed by atoms with E-state index < -0.39 is 18.3 Å². The SMILES string of the molecule is CC(C)/C=C/C(C)C(C)C.CC(C)C(=O)CC(O)C(C)C(C)C.CC(C)C(=O)CN(C)C(C)C.CC(C)C(=O)NC(C)C(C)C.CC(C)CC(=O)C(=O)C(C)C(C)C.CC(C)CC(=O)C(O)C(C)C(C)C.CC(C)CC(O)C(C)C(C)C.CC(C)CCC(O)C(C)C(C)C.CC(C)NC(=O)CC(O)C(C)C(C)C.CC(C)OCC(C)C(C)C. The molecular formula is C102H211N3O13. The van der Waals surface area contributed by atoms with Crippen molar-refractivity contribution >= 4 is 40.7 Å². The van der Waals surface area contributed by atoms with Crippen LogP contribution in [-0.4, -0.2) is 146 Å². The van der Waals surface area contributed by atoms with Gasteiger partial charge < -0.3 is 40.9 Å². The largest absolute Gasteiger partial charge is 0.393 e. The molecule has 118 heavy (non-hydrogen) atoms. The molecule has 16 nitrogen and oxygen atoms in total. The first-order valence-electron chi connectivity index (χ1n) is 46.9. The first-order valence-corrected chi connectivity index (χ1v) is 46.9. The van der Waals surface area contributed by atoms with Crippen molar-refractivity contribution in [2.24, 2.45) is 148 Å². The van der Waals surface area contributed by atoms with Crippen LogP contribution in [0.2, 0.25) is 0 Å². The molecule has 0 bridgehead atoms. The number of hydrogen-bond acceptors (Lipinski definition) is 14. The van der Waals surface area contributed by atoms with Crippen molar-refractivity contribution < 1.29 is 63.8 Å². The van der Waals surface area contributed by atoms with Gasteiger partial charge in [-0.25, -0.2) is 0 Å². The Kier molecular flexibility index (Phi) is 88.7. The van der Waals surface area contributed by atoms with Gasteiger partial charge in [-0.3, -0.25) is 38.5 Å². The highest BCUT2D eigenvalue weighted by atomic mass is 16.5. The lowest BCUT2D eigenvalue weighted by Gasteiger charge is -2.23. The third kappa shape index (κ3) is 86.3. The third-order valence-electron chi connectivity index (χ3n) is 22.6. The number of amides is 2. The predicted molar refractivity (Wildman–Crippen MR) is 512 cm³/mol. The summed E-state index contributed by atoms with van der Waals surface area (Å²) >= 11 is 0. The number of ketones is 5. The number of rotatable bonds is 43. The smallest absolute Gasteiger partial charge is 0.222 e. The van der Waals surface area contributed by atoms with Crippen LogP contribution < -0.4 is 10.6 Å². The topological polar surface area (TPSA) is 257 Å². The highest BCUT2D eigenvalue weighted by Crippen LogP contribution is 2.24. The summed E-state index contributed by atoms with van der Waals surface area (Å²) in [5.74, 6) is 10.2. The van der Waals surface area contributed by atoms with Crippen molar-refractivity contribution in [1.29, 1.82) is 0 Å². The Labute approximate surface area is 735 Å². The Morgan fingerprint density at radius 2 is 0.746 bits per heavy atom. The van der Waals surface area contributed by atoms with Crippen LogP contribution in [0, 0.1) is 148 Å². The van der Waals surface area contributed by atoms with Crippen LogP contribution in [0.15, 0.2) is 12.2 Å². The molecule has 0 spiro atoms. The normalized spacial score (nSPS) is 15.2. The number of carbonyl (C=O) groups excluding carboxylic acids is 7. The molecule has 0 saturated heterocycles. The van der Waals surface area contributed by atoms with E-state index in [4.69, 9.17) is 4.74 Å². The molecule has 0 fully saturated rings. The van der Waals surface area contributed by atoms with E-state index in [-0.39, 0.29) is 119 Å². The summed E-state index contributed by atoms with van der Waals surface area (Å²) in [6, 6.07) is 0.881. The molecule has 712 valence electrons. The number of carbonyl (C=O) groups is 7. The molecule has 14 atom stereocenters. The summed E-state index contributed by atoms with van der Waals surface area (Å²) in [6.45, 7) is 103. The van der Waals surface area contributed by atoms with Crippen molar-refractivity contribution in [1.82, 2.24) is 15.5 Å². The molecular weight excluding hydrogens is 1480 g/mol. The standard InChI is InChI=1S/C11H23NO2.2C11H22O2.C11H20O2.C11H24O.C10H22O.C10H20.2C9H19NO.C9H20O/c1-7(2)9(5)10(13)6-11(14)12-8(3)4;1-7(2)9(5)11(13)6-10(12)8(3)4;2*1-7(2)6-10(12)11(13)9(5)8(3)4;1-8(2)6-7-11(12)10(5)9(3)4;1-7(2)6-10(11)9(5)8(3)4;1-8(2)6-7-10(5)9(3)4;1-7(2)9(11)6-10(5)8(3)4;1-6(2)8(5)10-9(11)7(3)4;1-7(2)9(5)6-10-8(3)4/h7-10,13H,6H2,1-5H3,(H,12,14);2*7-9,11,13H,6H2,1-5H3;7-9H,6H2,1-5H3;8-12H,6-7H2,1-5H3;7-11H,6H2,1-5H3;6-10H,1-5H3;7-8H,6H2,1-5H3;6-8H,1-5H3,(H,10,11);7-9H,6H2,1-5H3/b;;;;;;7-6+;;;. The number of ether oxygens (including phenoxy) is 1. The Morgan fingerprint density at radius 3 is 1.04 bits per heavy atom. The Morgan fingerprint density at radius 1 is 0.356 bits per heavy atom. The second-order valence-electron chi connectivity index (χ2n) is 41.7. The molecule has 0 aromatic rings. The molecule has 0 aromatic carbocycles. The highest BCUT2D eigenvalue weighted by Gasteiger charge is 2.28. The van der Waals surface area contributed by atoms with Crippen molar-refractivity contribution in [2.75, 3.05) is 20.2 Å². The Bertz CT molecular complexity index is 2390.